The Morgan fingerprint density at radius 1 is 1.29 bits per heavy atom. The third-order valence-electron chi connectivity index (χ3n) is 3.18. The lowest BCUT2D eigenvalue weighted by Crippen LogP contribution is -2.37. The standard InChI is InChI=1S/C15H24N2/c1-15(2,3)17-10-8-12-6-7-14-13(11-12)5-4-9-16-14/h6-7,11,16-17H,4-5,8-10H2,1-3H3. The first-order valence-corrected chi connectivity index (χ1v) is 6.65. The van der Waals surface area contributed by atoms with Gasteiger partial charge in [-0.3, -0.25) is 0 Å². The maximum atomic E-state index is 3.53. The Bertz CT molecular complexity index is 377. The summed E-state index contributed by atoms with van der Waals surface area (Å²) in [6, 6.07) is 6.86. The van der Waals surface area contributed by atoms with Gasteiger partial charge >= 0.3 is 0 Å². The van der Waals surface area contributed by atoms with Crippen LogP contribution in [0.5, 0.6) is 0 Å². The van der Waals surface area contributed by atoms with Crippen LogP contribution in [0, 0.1) is 0 Å². The highest BCUT2D eigenvalue weighted by Gasteiger charge is 2.10. The smallest absolute Gasteiger partial charge is 0.0372 e. The van der Waals surface area contributed by atoms with Crippen molar-refractivity contribution in [2.24, 2.45) is 0 Å². The van der Waals surface area contributed by atoms with Crippen molar-refractivity contribution in [3.63, 3.8) is 0 Å². The normalized spacial score (nSPS) is 15.2. The largest absolute Gasteiger partial charge is 0.385 e. The Labute approximate surface area is 105 Å². The van der Waals surface area contributed by atoms with E-state index in [1.807, 2.05) is 0 Å². The van der Waals surface area contributed by atoms with Crippen LogP contribution in [0.4, 0.5) is 5.69 Å². The molecule has 94 valence electrons. The van der Waals surface area contributed by atoms with Gasteiger partial charge in [0.15, 0.2) is 0 Å². The van der Waals surface area contributed by atoms with E-state index in [1.54, 1.807) is 0 Å². The molecule has 2 heteroatoms. The van der Waals surface area contributed by atoms with Crippen molar-refractivity contribution in [1.29, 1.82) is 0 Å². The maximum absolute atomic E-state index is 3.53. The van der Waals surface area contributed by atoms with Gasteiger partial charge in [0, 0.05) is 17.8 Å². The predicted octanol–water partition coefficient (Wildman–Crippen LogP) is 2.98. The lowest BCUT2D eigenvalue weighted by atomic mass is 9.99. The molecular formula is C15H24N2. The summed E-state index contributed by atoms with van der Waals surface area (Å²) in [5.41, 5.74) is 4.49. The zero-order valence-electron chi connectivity index (χ0n) is 11.3. The summed E-state index contributed by atoms with van der Waals surface area (Å²) in [6.07, 6.45) is 3.60. The Kier molecular flexibility index (Phi) is 3.72. The molecule has 0 spiro atoms. The van der Waals surface area contributed by atoms with Crippen molar-refractivity contribution in [2.75, 3.05) is 18.4 Å². The molecule has 2 rings (SSSR count). The van der Waals surface area contributed by atoms with E-state index in [4.69, 9.17) is 0 Å². The van der Waals surface area contributed by atoms with E-state index < -0.39 is 0 Å². The summed E-state index contributed by atoms with van der Waals surface area (Å²) in [6.45, 7) is 8.81. The molecule has 1 aromatic rings. The number of benzene rings is 1. The third-order valence-corrected chi connectivity index (χ3v) is 3.18. The molecule has 0 radical (unpaired) electrons. The highest BCUT2D eigenvalue weighted by molar-refractivity contribution is 5.54. The van der Waals surface area contributed by atoms with Crippen LogP contribution in [0.15, 0.2) is 18.2 Å². The second kappa shape index (κ2) is 5.09. The lowest BCUT2D eigenvalue weighted by Gasteiger charge is -2.21. The molecule has 17 heavy (non-hydrogen) atoms. The van der Waals surface area contributed by atoms with E-state index in [-0.39, 0.29) is 5.54 Å². The summed E-state index contributed by atoms with van der Waals surface area (Å²) in [5.74, 6) is 0. The average Bonchev–Trinajstić information content (AvgIpc) is 2.27. The molecule has 0 saturated heterocycles. The van der Waals surface area contributed by atoms with Crippen LogP contribution in [-0.2, 0) is 12.8 Å². The van der Waals surface area contributed by atoms with Crippen LogP contribution in [0.1, 0.15) is 38.3 Å². The Balaban J connectivity index is 1.93. The van der Waals surface area contributed by atoms with Gasteiger partial charge in [-0.15, -0.1) is 0 Å². The van der Waals surface area contributed by atoms with Gasteiger partial charge in [0.05, 0.1) is 0 Å². The maximum Gasteiger partial charge on any atom is 0.0372 e. The summed E-state index contributed by atoms with van der Waals surface area (Å²) < 4.78 is 0. The van der Waals surface area contributed by atoms with Crippen molar-refractivity contribution in [1.82, 2.24) is 5.32 Å². The van der Waals surface area contributed by atoms with Gasteiger partial charge in [0.2, 0.25) is 0 Å². The summed E-state index contributed by atoms with van der Waals surface area (Å²) >= 11 is 0. The molecule has 0 unspecified atom stereocenters. The van der Waals surface area contributed by atoms with Crippen molar-refractivity contribution < 1.29 is 0 Å². The molecule has 0 bridgehead atoms. The number of hydrogen-bond acceptors (Lipinski definition) is 2. The molecule has 1 aromatic carbocycles. The highest BCUT2D eigenvalue weighted by Crippen LogP contribution is 2.23. The summed E-state index contributed by atoms with van der Waals surface area (Å²) in [4.78, 5) is 0. The number of aryl methyl sites for hydroxylation is 1. The number of rotatable bonds is 3. The van der Waals surface area contributed by atoms with Gasteiger partial charge in [0.1, 0.15) is 0 Å². The molecule has 0 aliphatic carbocycles. The van der Waals surface area contributed by atoms with Gasteiger partial charge < -0.3 is 10.6 Å². The molecule has 2 nitrogen and oxygen atoms in total. The number of nitrogens with one attached hydrogen (secondary N) is 2. The van der Waals surface area contributed by atoms with E-state index in [1.165, 1.54) is 29.7 Å². The minimum Gasteiger partial charge on any atom is -0.385 e. The van der Waals surface area contributed by atoms with E-state index in [2.05, 4.69) is 49.6 Å². The van der Waals surface area contributed by atoms with Crippen LogP contribution in [-0.4, -0.2) is 18.6 Å². The monoisotopic (exact) mass is 232 g/mol. The van der Waals surface area contributed by atoms with Crippen molar-refractivity contribution in [3.05, 3.63) is 29.3 Å². The summed E-state index contributed by atoms with van der Waals surface area (Å²) in [5, 5.41) is 6.99. The molecule has 1 heterocycles. The van der Waals surface area contributed by atoms with Gasteiger partial charge in [-0.1, -0.05) is 12.1 Å². The van der Waals surface area contributed by atoms with E-state index in [9.17, 15) is 0 Å². The van der Waals surface area contributed by atoms with Crippen molar-refractivity contribution in [2.45, 2.75) is 45.6 Å². The summed E-state index contributed by atoms with van der Waals surface area (Å²) in [7, 11) is 0. The number of anilines is 1. The fourth-order valence-corrected chi connectivity index (χ4v) is 2.27. The molecule has 0 saturated carbocycles. The molecule has 1 aliphatic heterocycles. The fraction of sp³-hybridized carbons (Fsp3) is 0.600. The molecule has 0 atom stereocenters. The van der Waals surface area contributed by atoms with Crippen LogP contribution in [0.3, 0.4) is 0 Å². The first kappa shape index (κ1) is 12.4. The Morgan fingerprint density at radius 2 is 2.12 bits per heavy atom. The zero-order chi connectivity index (χ0) is 12.3. The number of fused-ring (bicyclic) bond motifs is 1. The first-order chi connectivity index (χ1) is 8.04. The number of hydrogen-bond donors (Lipinski definition) is 2. The highest BCUT2D eigenvalue weighted by atomic mass is 14.9. The molecule has 1 aliphatic rings. The van der Waals surface area contributed by atoms with Gasteiger partial charge in [0.25, 0.3) is 0 Å². The van der Waals surface area contributed by atoms with Crippen LogP contribution < -0.4 is 10.6 Å². The fourth-order valence-electron chi connectivity index (χ4n) is 2.27. The second-order valence-corrected chi connectivity index (χ2v) is 5.95. The van der Waals surface area contributed by atoms with E-state index >= 15 is 0 Å². The predicted molar refractivity (Wildman–Crippen MR) is 74.7 cm³/mol. The van der Waals surface area contributed by atoms with Crippen LogP contribution in [0.25, 0.3) is 0 Å². The van der Waals surface area contributed by atoms with Gasteiger partial charge in [-0.25, -0.2) is 0 Å². The quantitative estimate of drug-likeness (QED) is 0.837. The molecule has 0 amide bonds. The zero-order valence-corrected chi connectivity index (χ0v) is 11.3. The lowest BCUT2D eigenvalue weighted by molar-refractivity contribution is 0.429. The topological polar surface area (TPSA) is 24.1 Å². The molecule has 0 aromatic heterocycles. The van der Waals surface area contributed by atoms with Crippen LogP contribution in [0.2, 0.25) is 0 Å². The molecular weight excluding hydrogens is 208 g/mol. The van der Waals surface area contributed by atoms with Gasteiger partial charge in [-0.05, 0) is 63.8 Å². The first-order valence-electron chi connectivity index (χ1n) is 6.65. The van der Waals surface area contributed by atoms with E-state index in [0.29, 0.717) is 0 Å². The van der Waals surface area contributed by atoms with E-state index in [0.717, 1.165) is 19.5 Å². The molecule has 0 fully saturated rings. The minimum absolute atomic E-state index is 0.218. The Hall–Kier alpha value is -1.02. The molecule has 2 N–H and O–H groups in total. The van der Waals surface area contributed by atoms with Crippen LogP contribution >= 0.6 is 0 Å². The van der Waals surface area contributed by atoms with Crippen molar-refractivity contribution in [3.8, 4) is 0 Å². The second-order valence-electron chi connectivity index (χ2n) is 5.95. The van der Waals surface area contributed by atoms with Crippen molar-refractivity contribution >= 4 is 5.69 Å². The SMILES string of the molecule is CC(C)(C)NCCc1ccc2c(c1)CCCN2. The minimum atomic E-state index is 0.218. The Morgan fingerprint density at radius 3 is 2.88 bits per heavy atom. The van der Waals surface area contributed by atoms with Gasteiger partial charge in [-0.2, -0.15) is 0 Å². The average molecular weight is 232 g/mol. The third kappa shape index (κ3) is 3.74.